The summed E-state index contributed by atoms with van der Waals surface area (Å²) in [6, 6.07) is 14.4. The first kappa shape index (κ1) is 19.7. The summed E-state index contributed by atoms with van der Waals surface area (Å²) < 4.78 is 38.8. The Bertz CT molecular complexity index is 810. The van der Waals surface area contributed by atoms with Crippen molar-refractivity contribution in [2.45, 2.75) is 50.0 Å². The lowest BCUT2D eigenvalue weighted by Gasteiger charge is -2.13. The minimum Gasteiger partial charge on any atom is -0.492 e. The van der Waals surface area contributed by atoms with Gasteiger partial charge in [0.2, 0.25) is 10.0 Å². The Morgan fingerprint density at radius 2 is 1.59 bits per heavy atom. The summed E-state index contributed by atoms with van der Waals surface area (Å²) >= 11 is 0. The summed E-state index contributed by atoms with van der Waals surface area (Å²) in [6.07, 6.45) is 5.78. The lowest BCUT2D eigenvalue weighted by atomic mass is 10.2. The molecule has 0 heterocycles. The van der Waals surface area contributed by atoms with Crippen LogP contribution in [0.1, 0.15) is 38.2 Å². The van der Waals surface area contributed by atoms with Gasteiger partial charge in [0.15, 0.2) is 0 Å². The average molecular weight is 390 g/mol. The lowest BCUT2D eigenvalue weighted by Crippen LogP contribution is -2.28. The predicted octanol–water partition coefficient (Wildman–Crippen LogP) is 3.93. The molecule has 0 aromatic heterocycles. The molecule has 1 fully saturated rings. The second-order valence-corrected chi connectivity index (χ2v) is 8.51. The maximum Gasteiger partial charge on any atom is 0.240 e. The van der Waals surface area contributed by atoms with E-state index in [4.69, 9.17) is 9.47 Å². The molecule has 0 radical (unpaired) electrons. The normalized spacial score (nSPS) is 15.0. The van der Waals surface area contributed by atoms with Gasteiger partial charge in [-0.2, -0.15) is 0 Å². The molecule has 3 rings (SSSR count). The van der Waals surface area contributed by atoms with Crippen molar-refractivity contribution in [2.24, 2.45) is 0 Å². The van der Waals surface area contributed by atoms with Crippen LogP contribution < -0.4 is 14.2 Å². The highest BCUT2D eigenvalue weighted by molar-refractivity contribution is 7.89. The van der Waals surface area contributed by atoms with Crippen LogP contribution >= 0.6 is 0 Å². The van der Waals surface area contributed by atoms with E-state index >= 15 is 0 Å². The molecule has 5 nitrogen and oxygen atoms in total. The smallest absolute Gasteiger partial charge is 0.240 e. The van der Waals surface area contributed by atoms with Gasteiger partial charge in [0.1, 0.15) is 18.1 Å². The fourth-order valence-electron chi connectivity index (χ4n) is 3.15. The fraction of sp³-hybridized carbons (Fsp3) is 0.429. The van der Waals surface area contributed by atoms with Gasteiger partial charge in [-0.3, -0.25) is 0 Å². The number of ether oxygens (including phenoxy) is 2. The standard InChI is InChI=1S/C21H27NO4S/c1-2-17-7-9-18(10-8-17)25-16-15-22-27(23,24)21-13-11-20(12-14-21)26-19-5-3-4-6-19/h7-14,19,22H,2-6,15-16H2,1H3. The van der Waals surface area contributed by atoms with Crippen LogP contribution in [0.15, 0.2) is 53.4 Å². The van der Waals surface area contributed by atoms with E-state index in [1.165, 1.54) is 18.4 Å². The molecule has 0 spiro atoms. The van der Waals surface area contributed by atoms with Crippen molar-refractivity contribution in [3.05, 3.63) is 54.1 Å². The predicted molar refractivity (Wildman–Crippen MR) is 106 cm³/mol. The van der Waals surface area contributed by atoms with Crippen molar-refractivity contribution in [3.8, 4) is 11.5 Å². The number of aryl methyl sites for hydroxylation is 1. The van der Waals surface area contributed by atoms with Crippen LogP contribution in [0.4, 0.5) is 0 Å². The summed E-state index contributed by atoms with van der Waals surface area (Å²) in [6.45, 7) is 2.57. The van der Waals surface area contributed by atoms with Crippen LogP contribution in [0.3, 0.4) is 0 Å². The van der Waals surface area contributed by atoms with E-state index in [0.717, 1.165) is 30.8 Å². The van der Waals surface area contributed by atoms with E-state index < -0.39 is 10.0 Å². The quantitative estimate of drug-likeness (QED) is 0.660. The van der Waals surface area contributed by atoms with Gasteiger partial charge in [0.05, 0.1) is 11.0 Å². The summed E-state index contributed by atoms with van der Waals surface area (Å²) in [7, 11) is -3.55. The summed E-state index contributed by atoms with van der Waals surface area (Å²) in [5.41, 5.74) is 1.24. The first-order valence-electron chi connectivity index (χ1n) is 9.55. The Balaban J connectivity index is 1.47. The topological polar surface area (TPSA) is 64.6 Å². The Labute approximate surface area is 161 Å². The van der Waals surface area contributed by atoms with E-state index in [9.17, 15) is 8.42 Å². The second-order valence-electron chi connectivity index (χ2n) is 6.74. The Morgan fingerprint density at radius 1 is 0.963 bits per heavy atom. The van der Waals surface area contributed by atoms with Gasteiger partial charge in [-0.05, 0) is 74.1 Å². The number of hydrogen-bond acceptors (Lipinski definition) is 4. The maximum atomic E-state index is 12.4. The van der Waals surface area contributed by atoms with Crippen LogP contribution in [0.5, 0.6) is 11.5 Å². The zero-order valence-electron chi connectivity index (χ0n) is 15.7. The molecule has 1 aliphatic carbocycles. The van der Waals surface area contributed by atoms with Gasteiger partial charge in [0, 0.05) is 6.54 Å². The van der Waals surface area contributed by atoms with Gasteiger partial charge in [0.25, 0.3) is 0 Å². The van der Waals surface area contributed by atoms with Crippen LogP contribution in [0.2, 0.25) is 0 Å². The zero-order chi connectivity index (χ0) is 19.1. The highest BCUT2D eigenvalue weighted by Gasteiger charge is 2.17. The third kappa shape index (κ3) is 5.71. The number of benzene rings is 2. The number of hydrogen-bond donors (Lipinski definition) is 1. The van der Waals surface area contributed by atoms with Crippen molar-refractivity contribution >= 4 is 10.0 Å². The third-order valence-corrected chi connectivity index (χ3v) is 6.21. The average Bonchev–Trinajstić information content (AvgIpc) is 3.19. The molecule has 0 aliphatic heterocycles. The molecule has 1 aliphatic rings. The van der Waals surface area contributed by atoms with Gasteiger partial charge in [-0.1, -0.05) is 19.1 Å². The van der Waals surface area contributed by atoms with Crippen LogP contribution in [-0.4, -0.2) is 27.7 Å². The third-order valence-electron chi connectivity index (χ3n) is 4.73. The van der Waals surface area contributed by atoms with Crippen molar-refractivity contribution in [1.82, 2.24) is 4.72 Å². The van der Waals surface area contributed by atoms with E-state index in [2.05, 4.69) is 11.6 Å². The summed E-state index contributed by atoms with van der Waals surface area (Å²) in [4.78, 5) is 0.230. The molecule has 0 bridgehead atoms. The molecule has 0 unspecified atom stereocenters. The van der Waals surface area contributed by atoms with Crippen molar-refractivity contribution in [3.63, 3.8) is 0 Å². The molecule has 27 heavy (non-hydrogen) atoms. The number of rotatable bonds is 9. The highest BCUT2D eigenvalue weighted by atomic mass is 32.2. The zero-order valence-corrected chi connectivity index (χ0v) is 16.5. The molecule has 2 aromatic carbocycles. The van der Waals surface area contributed by atoms with E-state index in [1.54, 1.807) is 24.3 Å². The van der Waals surface area contributed by atoms with Crippen molar-refractivity contribution < 1.29 is 17.9 Å². The second kappa shape index (κ2) is 9.24. The number of sulfonamides is 1. The first-order valence-corrected chi connectivity index (χ1v) is 11.0. The molecule has 146 valence electrons. The molecular weight excluding hydrogens is 362 g/mol. The Kier molecular flexibility index (Phi) is 6.74. The molecule has 0 amide bonds. The number of nitrogens with one attached hydrogen (secondary N) is 1. The Morgan fingerprint density at radius 3 is 2.22 bits per heavy atom. The molecule has 0 atom stereocenters. The minimum absolute atomic E-state index is 0.207. The summed E-state index contributed by atoms with van der Waals surface area (Å²) in [5.74, 6) is 1.46. The fourth-order valence-corrected chi connectivity index (χ4v) is 4.16. The van der Waals surface area contributed by atoms with Crippen LogP contribution in [-0.2, 0) is 16.4 Å². The van der Waals surface area contributed by atoms with Gasteiger partial charge >= 0.3 is 0 Å². The van der Waals surface area contributed by atoms with E-state index in [-0.39, 0.29) is 24.2 Å². The SMILES string of the molecule is CCc1ccc(OCCNS(=O)(=O)c2ccc(OC3CCCC3)cc2)cc1. The van der Waals surface area contributed by atoms with Crippen LogP contribution in [0.25, 0.3) is 0 Å². The largest absolute Gasteiger partial charge is 0.492 e. The van der Waals surface area contributed by atoms with Gasteiger partial charge < -0.3 is 9.47 Å². The molecule has 2 aromatic rings. The van der Waals surface area contributed by atoms with Crippen molar-refractivity contribution in [2.75, 3.05) is 13.2 Å². The lowest BCUT2D eigenvalue weighted by molar-refractivity contribution is 0.210. The minimum atomic E-state index is -3.55. The molecule has 1 saturated carbocycles. The Hall–Kier alpha value is -2.05. The highest BCUT2D eigenvalue weighted by Crippen LogP contribution is 2.24. The maximum absolute atomic E-state index is 12.4. The molecule has 0 saturated heterocycles. The van der Waals surface area contributed by atoms with E-state index in [0.29, 0.717) is 0 Å². The summed E-state index contributed by atoms with van der Waals surface area (Å²) in [5, 5.41) is 0. The monoisotopic (exact) mass is 389 g/mol. The van der Waals surface area contributed by atoms with E-state index in [1.807, 2.05) is 24.3 Å². The first-order chi connectivity index (χ1) is 13.1. The molecular formula is C21H27NO4S. The van der Waals surface area contributed by atoms with Gasteiger partial charge in [-0.15, -0.1) is 0 Å². The van der Waals surface area contributed by atoms with Crippen LogP contribution in [0, 0.1) is 0 Å². The molecule has 1 N–H and O–H groups in total. The van der Waals surface area contributed by atoms with Gasteiger partial charge in [-0.25, -0.2) is 13.1 Å². The molecule has 6 heteroatoms. The van der Waals surface area contributed by atoms with Crippen molar-refractivity contribution in [1.29, 1.82) is 0 Å².